The van der Waals surface area contributed by atoms with Crippen molar-refractivity contribution in [1.29, 1.82) is 0 Å². The second-order valence-corrected chi connectivity index (χ2v) is 6.76. The van der Waals surface area contributed by atoms with Gasteiger partial charge in [-0.25, -0.2) is 0 Å². The molecule has 0 amide bonds. The van der Waals surface area contributed by atoms with E-state index in [4.69, 9.17) is 0 Å². The first-order chi connectivity index (χ1) is 9.65. The quantitative estimate of drug-likeness (QED) is 0.881. The summed E-state index contributed by atoms with van der Waals surface area (Å²) in [7, 11) is 0. The van der Waals surface area contributed by atoms with Crippen LogP contribution in [-0.4, -0.2) is 30.1 Å². The second kappa shape index (κ2) is 5.87. The van der Waals surface area contributed by atoms with Crippen LogP contribution in [0.2, 0.25) is 0 Å². The van der Waals surface area contributed by atoms with Crippen molar-refractivity contribution in [3.8, 4) is 0 Å². The highest BCUT2D eigenvalue weighted by Gasteiger charge is 2.34. The summed E-state index contributed by atoms with van der Waals surface area (Å²) in [6.07, 6.45) is 5.48. The fourth-order valence-electron chi connectivity index (χ4n) is 3.59. The fraction of sp³-hybridized carbons (Fsp3) is 0.667. The molecular weight excluding hydrogens is 244 g/mol. The minimum absolute atomic E-state index is 0.546. The monoisotopic (exact) mass is 272 g/mol. The summed E-state index contributed by atoms with van der Waals surface area (Å²) in [6.45, 7) is 9.29. The van der Waals surface area contributed by atoms with Gasteiger partial charge in [0.05, 0.1) is 0 Å². The number of benzene rings is 1. The van der Waals surface area contributed by atoms with Crippen molar-refractivity contribution in [2.45, 2.75) is 64.6 Å². The van der Waals surface area contributed by atoms with Crippen LogP contribution < -0.4 is 5.32 Å². The molecule has 0 radical (unpaired) electrons. The molecule has 1 aliphatic heterocycles. The van der Waals surface area contributed by atoms with Crippen LogP contribution in [0.4, 0.5) is 0 Å². The van der Waals surface area contributed by atoms with Gasteiger partial charge in [0.25, 0.3) is 0 Å². The zero-order valence-electron chi connectivity index (χ0n) is 13.2. The van der Waals surface area contributed by atoms with Crippen LogP contribution in [0.25, 0.3) is 0 Å². The average Bonchev–Trinajstić information content (AvgIpc) is 3.15. The molecule has 1 aromatic carbocycles. The minimum atomic E-state index is 0.546. The van der Waals surface area contributed by atoms with Gasteiger partial charge in [0.2, 0.25) is 0 Å². The zero-order chi connectivity index (χ0) is 14.1. The SMILES string of the molecule is Cc1ccc(C)c(C(C)N(CC2CCCN2)C2CC2)c1. The summed E-state index contributed by atoms with van der Waals surface area (Å²) in [5, 5.41) is 3.66. The van der Waals surface area contributed by atoms with Crippen molar-refractivity contribution in [2.75, 3.05) is 13.1 Å². The van der Waals surface area contributed by atoms with Crippen molar-refractivity contribution >= 4 is 0 Å². The highest BCUT2D eigenvalue weighted by molar-refractivity contribution is 5.33. The summed E-state index contributed by atoms with van der Waals surface area (Å²) in [6, 6.07) is 8.98. The van der Waals surface area contributed by atoms with E-state index in [-0.39, 0.29) is 0 Å². The molecule has 1 aliphatic carbocycles. The second-order valence-electron chi connectivity index (χ2n) is 6.76. The van der Waals surface area contributed by atoms with E-state index in [2.05, 4.69) is 49.2 Å². The fourth-order valence-corrected chi connectivity index (χ4v) is 3.59. The first kappa shape index (κ1) is 14.1. The summed E-state index contributed by atoms with van der Waals surface area (Å²) >= 11 is 0. The van der Waals surface area contributed by atoms with E-state index in [0.29, 0.717) is 12.1 Å². The topological polar surface area (TPSA) is 15.3 Å². The molecule has 20 heavy (non-hydrogen) atoms. The zero-order valence-corrected chi connectivity index (χ0v) is 13.2. The number of hydrogen-bond acceptors (Lipinski definition) is 2. The van der Waals surface area contributed by atoms with Crippen LogP contribution in [-0.2, 0) is 0 Å². The Balaban J connectivity index is 1.77. The number of nitrogens with zero attached hydrogens (tertiary/aromatic N) is 1. The Morgan fingerprint density at radius 3 is 2.70 bits per heavy atom. The largest absolute Gasteiger partial charge is 0.313 e. The lowest BCUT2D eigenvalue weighted by molar-refractivity contribution is 0.181. The first-order valence-electron chi connectivity index (χ1n) is 8.21. The molecule has 2 atom stereocenters. The first-order valence-corrected chi connectivity index (χ1v) is 8.21. The van der Waals surface area contributed by atoms with Gasteiger partial charge in [-0.15, -0.1) is 0 Å². The van der Waals surface area contributed by atoms with Crippen molar-refractivity contribution in [3.63, 3.8) is 0 Å². The van der Waals surface area contributed by atoms with E-state index >= 15 is 0 Å². The summed E-state index contributed by atoms with van der Waals surface area (Å²) in [5.41, 5.74) is 4.34. The van der Waals surface area contributed by atoms with Crippen molar-refractivity contribution < 1.29 is 0 Å². The third-order valence-electron chi connectivity index (χ3n) is 4.99. The highest BCUT2D eigenvalue weighted by Crippen LogP contribution is 2.36. The van der Waals surface area contributed by atoms with E-state index in [9.17, 15) is 0 Å². The van der Waals surface area contributed by atoms with Gasteiger partial charge in [-0.05, 0) is 64.1 Å². The maximum Gasteiger partial charge on any atom is 0.0326 e. The lowest BCUT2D eigenvalue weighted by Gasteiger charge is -2.33. The van der Waals surface area contributed by atoms with Gasteiger partial charge in [0.15, 0.2) is 0 Å². The molecule has 1 N–H and O–H groups in total. The van der Waals surface area contributed by atoms with Crippen LogP contribution in [0, 0.1) is 13.8 Å². The molecule has 110 valence electrons. The predicted molar refractivity (Wildman–Crippen MR) is 85.1 cm³/mol. The summed E-state index contributed by atoms with van der Waals surface area (Å²) in [4.78, 5) is 2.75. The molecule has 3 rings (SSSR count). The van der Waals surface area contributed by atoms with E-state index < -0.39 is 0 Å². The molecule has 0 spiro atoms. The Bertz CT molecular complexity index is 458. The summed E-state index contributed by atoms with van der Waals surface area (Å²) < 4.78 is 0. The van der Waals surface area contributed by atoms with Gasteiger partial charge in [-0.2, -0.15) is 0 Å². The Kier molecular flexibility index (Phi) is 4.13. The number of hydrogen-bond donors (Lipinski definition) is 1. The molecule has 2 aliphatic rings. The van der Waals surface area contributed by atoms with Crippen LogP contribution in [0.1, 0.15) is 55.3 Å². The molecule has 1 aromatic rings. The maximum atomic E-state index is 3.66. The van der Waals surface area contributed by atoms with Gasteiger partial charge >= 0.3 is 0 Å². The average molecular weight is 272 g/mol. The van der Waals surface area contributed by atoms with E-state index in [1.807, 2.05) is 0 Å². The molecule has 2 unspecified atom stereocenters. The van der Waals surface area contributed by atoms with Gasteiger partial charge < -0.3 is 5.32 Å². The Labute approximate surface area is 123 Å². The molecule has 1 saturated heterocycles. The van der Waals surface area contributed by atoms with Crippen molar-refractivity contribution in [2.24, 2.45) is 0 Å². The number of nitrogens with one attached hydrogen (secondary N) is 1. The third-order valence-corrected chi connectivity index (χ3v) is 4.99. The van der Waals surface area contributed by atoms with Crippen molar-refractivity contribution in [3.05, 3.63) is 34.9 Å². The van der Waals surface area contributed by atoms with Gasteiger partial charge in [0, 0.05) is 24.7 Å². The maximum absolute atomic E-state index is 3.66. The molecule has 1 heterocycles. The Hall–Kier alpha value is -0.860. The van der Waals surface area contributed by atoms with E-state index in [0.717, 1.165) is 6.04 Å². The molecular formula is C18H28N2. The van der Waals surface area contributed by atoms with Crippen LogP contribution >= 0.6 is 0 Å². The lowest BCUT2D eigenvalue weighted by Crippen LogP contribution is -2.40. The lowest BCUT2D eigenvalue weighted by atomic mass is 9.98. The van der Waals surface area contributed by atoms with E-state index in [1.165, 1.54) is 55.5 Å². The van der Waals surface area contributed by atoms with Crippen LogP contribution in [0.15, 0.2) is 18.2 Å². The Morgan fingerprint density at radius 2 is 2.05 bits per heavy atom. The predicted octanol–water partition coefficient (Wildman–Crippen LogP) is 3.58. The van der Waals surface area contributed by atoms with Crippen LogP contribution in [0.3, 0.4) is 0 Å². The van der Waals surface area contributed by atoms with Gasteiger partial charge in [0.1, 0.15) is 0 Å². The molecule has 1 saturated carbocycles. The van der Waals surface area contributed by atoms with Crippen LogP contribution in [0.5, 0.6) is 0 Å². The third kappa shape index (κ3) is 3.07. The molecule has 0 bridgehead atoms. The molecule has 2 heteroatoms. The molecule has 2 nitrogen and oxygen atoms in total. The standard InChI is InChI=1S/C18H28N2/c1-13-6-7-14(2)18(11-13)15(3)20(17-8-9-17)12-16-5-4-10-19-16/h6-7,11,15-17,19H,4-5,8-10,12H2,1-3H3. The summed E-state index contributed by atoms with van der Waals surface area (Å²) in [5.74, 6) is 0. The van der Waals surface area contributed by atoms with E-state index in [1.54, 1.807) is 0 Å². The number of aryl methyl sites for hydroxylation is 2. The van der Waals surface area contributed by atoms with Crippen molar-refractivity contribution in [1.82, 2.24) is 10.2 Å². The number of rotatable bonds is 5. The molecule has 0 aromatic heterocycles. The Morgan fingerprint density at radius 1 is 1.25 bits per heavy atom. The van der Waals surface area contributed by atoms with Gasteiger partial charge in [-0.1, -0.05) is 23.8 Å². The normalized spacial score (nSPS) is 24.3. The molecule has 2 fully saturated rings. The van der Waals surface area contributed by atoms with Gasteiger partial charge in [-0.3, -0.25) is 4.90 Å². The minimum Gasteiger partial charge on any atom is -0.313 e. The highest BCUT2D eigenvalue weighted by atomic mass is 15.2. The smallest absolute Gasteiger partial charge is 0.0326 e.